The standard InChI is InChI=1S/C22H26N6O2/c1-2-16(1)20-21(17-3-4-19(23-15-17)27-9-13-30-14-10-27)28-22(25-20)18(5-6-24-28)26-7-11-29-12-8-26/h3-6,15-16H,1-2,7-14H2. The summed E-state index contributed by atoms with van der Waals surface area (Å²) in [6, 6.07) is 6.35. The number of hydrogen-bond acceptors (Lipinski definition) is 7. The van der Waals surface area contributed by atoms with E-state index in [1.807, 2.05) is 16.9 Å². The summed E-state index contributed by atoms with van der Waals surface area (Å²) in [7, 11) is 0. The van der Waals surface area contributed by atoms with Gasteiger partial charge in [-0.25, -0.2) is 14.5 Å². The van der Waals surface area contributed by atoms with Crippen molar-refractivity contribution in [1.82, 2.24) is 19.6 Å². The molecule has 1 saturated carbocycles. The maximum absolute atomic E-state index is 5.54. The first-order valence-electron chi connectivity index (χ1n) is 10.9. The molecule has 0 aromatic carbocycles. The molecule has 156 valence electrons. The third kappa shape index (κ3) is 3.20. The number of fused-ring (bicyclic) bond motifs is 1. The number of morpholine rings is 2. The van der Waals surface area contributed by atoms with Gasteiger partial charge in [-0.2, -0.15) is 5.10 Å². The topological polar surface area (TPSA) is 68.0 Å². The minimum atomic E-state index is 0.526. The van der Waals surface area contributed by atoms with E-state index in [1.165, 1.54) is 12.8 Å². The maximum atomic E-state index is 5.54. The fourth-order valence-corrected chi connectivity index (χ4v) is 4.42. The van der Waals surface area contributed by atoms with Crippen LogP contribution in [0.4, 0.5) is 11.5 Å². The van der Waals surface area contributed by atoms with Crippen molar-refractivity contribution in [3.63, 3.8) is 0 Å². The highest BCUT2D eigenvalue weighted by molar-refractivity contribution is 5.76. The summed E-state index contributed by atoms with van der Waals surface area (Å²) in [5.74, 6) is 1.53. The van der Waals surface area contributed by atoms with Crippen LogP contribution in [-0.2, 0) is 9.47 Å². The Kier molecular flexibility index (Phi) is 4.53. The van der Waals surface area contributed by atoms with E-state index in [-0.39, 0.29) is 0 Å². The van der Waals surface area contributed by atoms with Crippen LogP contribution < -0.4 is 9.80 Å². The number of pyridine rings is 1. The first-order chi connectivity index (χ1) is 14.9. The quantitative estimate of drug-likeness (QED) is 0.659. The van der Waals surface area contributed by atoms with Crippen molar-refractivity contribution in [3.05, 3.63) is 36.3 Å². The molecule has 0 atom stereocenters. The zero-order valence-electron chi connectivity index (χ0n) is 17.0. The molecule has 3 fully saturated rings. The van der Waals surface area contributed by atoms with Crippen LogP contribution in [0.1, 0.15) is 24.5 Å². The third-order valence-electron chi connectivity index (χ3n) is 6.20. The van der Waals surface area contributed by atoms with Crippen molar-refractivity contribution in [1.29, 1.82) is 0 Å². The number of aromatic nitrogens is 4. The van der Waals surface area contributed by atoms with Crippen LogP contribution in [0.3, 0.4) is 0 Å². The summed E-state index contributed by atoms with van der Waals surface area (Å²) in [5.41, 5.74) is 5.40. The lowest BCUT2D eigenvalue weighted by molar-refractivity contribution is 0.122. The number of anilines is 2. The molecule has 3 aromatic rings. The Labute approximate surface area is 175 Å². The minimum Gasteiger partial charge on any atom is -0.378 e. The monoisotopic (exact) mass is 406 g/mol. The molecule has 0 N–H and O–H groups in total. The zero-order chi connectivity index (χ0) is 19.9. The van der Waals surface area contributed by atoms with Crippen molar-refractivity contribution in [2.75, 3.05) is 62.4 Å². The average Bonchev–Trinajstić information content (AvgIpc) is 3.60. The highest BCUT2D eigenvalue weighted by Gasteiger charge is 2.32. The van der Waals surface area contributed by atoms with Crippen LogP contribution >= 0.6 is 0 Å². The van der Waals surface area contributed by atoms with Crippen LogP contribution in [0.2, 0.25) is 0 Å². The predicted octanol–water partition coefficient (Wildman–Crippen LogP) is 2.34. The third-order valence-corrected chi connectivity index (χ3v) is 6.20. The van der Waals surface area contributed by atoms with Gasteiger partial charge in [0.05, 0.1) is 49.7 Å². The average molecular weight is 406 g/mol. The largest absolute Gasteiger partial charge is 0.378 e. The first kappa shape index (κ1) is 18.1. The molecule has 3 aliphatic rings. The van der Waals surface area contributed by atoms with Crippen LogP contribution in [0.5, 0.6) is 0 Å². The van der Waals surface area contributed by atoms with Gasteiger partial charge < -0.3 is 19.3 Å². The number of nitrogens with zero attached hydrogens (tertiary/aromatic N) is 6. The fourth-order valence-electron chi connectivity index (χ4n) is 4.42. The lowest BCUT2D eigenvalue weighted by atomic mass is 10.1. The van der Waals surface area contributed by atoms with Crippen molar-refractivity contribution in [3.8, 4) is 11.3 Å². The molecule has 5 heterocycles. The van der Waals surface area contributed by atoms with Gasteiger partial charge in [-0.3, -0.25) is 0 Å². The Hall–Kier alpha value is -2.71. The zero-order valence-corrected chi connectivity index (χ0v) is 17.0. The second kappa shape index (κ2) is 7.52. The molecular formula is C22H26N6O2. The molecule has 0 spiro atoms. The van der Waals surface area contributed by atoms with Crippen LogP contribution in [0.25, 0.3) is 16.9 Å². The highest BCUT2D eigenvalue weighted by Crippen LogP contribution is 2.44. The van der Waals surface area contributed by atoms with Crippen LogP contribution in [-0.4, -0.2) is 72.2 Å². The number of rotatable bonds is 4. The van der Waals surface area contributed by atoms with Gasteiger partial charge in [-0.15, -0.1) is 0 Å². The Morgan fingerprint density at radius 3 is 2.27 bits per heavy atom. The molecule has 0 bridgehead atoms. The van der Waals surface area contributed by atoms with E-state index < -0.39 is 0 Å². The predicted molar refractivity (Wildman–Crippen MR) is 114 cm³/mol. The lowest BCUT2D eigenvalue weighted by Gasteiger charge is -2.28. The van der Waals surface area contributed by atoms with Crippen molar-refractivity contribution < 1.29 is 9.47 Å². The molecule has 3 aromatic heterocycles. The Balaban J connectivity index is 1.41. The van der Waals surface area contributed by atoms with E-state index in [9.17, 15) is 0 Å². The molecule has 2 saturated heterocycles. The molecule has 30 heavy (non-hydrogen) atoms. The molecule has 2 aliphatic heterocycles. The fraction of sp³-hybridized carbons (Fsp3) is 0.500. The van der Waals surface area contributed by atoms with E-state index in [4.69, 9.17) is 24.5 Å². The van der Waals surface area contributed by atoms with E-state index >= 15 is 0 Å². The molecule has 8 heteroatoms. The number of imidazole rings is 1. The summed E-state index contributed by atoms with van der Waals surface area (Å²) in [6.45, 7) is 6.58. The molecule has 0 amide bonds. The van der Waals surface area contributed by atoms with Gasteiger partial charge in [-0.05, 0) is 31.0 Å². The van der Waals surface area contributed by atoms with Crippen LogP contribution in [0.15, 0.2) is 30.6 Å². The minimum absolute atomic E-state index is 0.526. The summed E-state index contributed by atoms with van der Waals surface area (Å²) in [5, 5.41) is 4.70. The first-order valence-corrected chi connectivity index (χ1v) is 10.9. The van der Waals surface area contributed by atoms with Gasteiger partial charge in [0.1, 0.15) is 5.82 Å². The summed E-state index contributed by atoms with van der Waals surface area (Å²) in [4.78, 5) is 14.5. The molecule has 1 aliphatic carbocycles. The van der Waals surface area contributed by atoms with Gasteiger partial charge in [-0.1, -0.05) is 0 Å². The van der Waals surface area contributed by atoms with Gasteiger partial charge in [0.15, 0.2) is 5.65 Å². The second-order valence-electron chi connectivity index (χ2n) is 8.18. The van der Waals surface area contributed by atoms with Gasteiger partial charge in [0.25, 0.3) is 0 Å². The van der Waals surface area contributed by atoms with Gasteiger partial charge in [0.2, 0.25) is 0 Å². The van der Waals surface area contributed by atoms with Crippen molar-refractivity contribution >= 4 is 17.2 Å². The maximum Gasteiger partial charge on any atom is 0.178 e. The molecule has 6 rings (SSSR count). The van der Waals surface area contributed by atoms with E-state index in [2.05, 4.69) is 28.0 Å². The highest BCUT2D eigenvalue weighted by atomic mass is 16.5. The van der Waals surface area contributed by atoms with E-state index in [0.29, 0.717) is 5.92 Å². The van der Waals surface area contributed by atoms with Crippen molar-refractivity contribution in [2.45, 2.75) is 18.8 Å². The summed E-state index contributed by atoms with van der Waals surface area (Å²) in [6.07, 6.45) is 6.25. The number of hydrogen-bond donors (Lipinski definition) is 0. The Morgan fingerprint density at radius 1 is 0.867 bits per heavy atom. The van der Waals surface area contributed by atoms with Crippen molar-refractivity contribution in [2.24, 2.45) is 0 Å². The Morgan fingerprint density at radius 2 is 1.60 bits per heavy atom. The molecule has 8 nitrogen and oxygen atoms in total. The summed E-state index contributed by atoms with van der Waals surface area (Å²) < 4.78 is 13.0. The normalized spacial score (nSPS) is 20.1. The van der Waals surface area contributed by atoms with Gasteiger partial charge in [0, 0.05) is 43.9 Å². The lowest BCUT2D eigenvalue weighted by Crippen LogP contribution is -2.36. The Bertz CT molecular complexity index is 1030. The molecule has 0 unspecified atom stereocenters. The molecular weight excluding hydrogens is 380 g/mol. The summed E-state index contributed by atoms with van der Waals surface area (Å²) >= 11 is 0. The second-order valence-corrected chi connectivity index (χ2v) is 8.18. The van der Waals surface area contributed by atoms with Crippen LogP contribution in [0, 0.1) is 0 Å². The molecule has 0 radical (unpaired) electrons. The SMILES string of the molecule is c1cc(N2CCOCC2)c2nc(C3CC3)c(-c3ccc(N4CCOCC4)nc3)n2n1. The smallest absolute Gasteiger partial charge is 0.178 e. The van der Waals surface area contributed by atoms with E-state index in [0.717, 1.165) is 86.7 Å². The number of ether oxygens (including phenoxy) is 2. The van der Waals surface area contributed by atoms with Gasteiger partial charge >= 0.3 is 0 Å². The van der Waals surface area contributed by atoms with E-state index in [1.54, 1.807) is 0 Å².